The molecular formula is C13H14N4O2S. The molecular weight excluding hydrogens is 276 g/mol. The van der Waals surface area contributed by atoms with Crippen molar-refractivity contribution in [2.24, 2.45) is 7.05 Å². The second-order valence-electron chi connectivity index (χ2n) is 4.37. The van der Waals surface area contributed by atoms with Gasteiger partial charge in [0.1, 0.15) is 5.82 Å². The maximum atomic E-state index is 12.3. The van der Waals surface area contributed by atoms with Gasteiger partial charge in [-0.1, -0.05) is 6.07 Å². The lowest BCUT2D eigenvalue weighted by Gasteiger charge is -2.09. The van der Waals surface area contributed by atoms with Crippen molar-refractivity contribution in [1.82, 2.24) is 14.3 Å². The summed E-state index contributed by atoms with van der Waals surface area (Å²) in [5, 5.41) is 8.86. The molecule has 0 radical (unpaired) electrons. The van der Waals surface area contributed by atoms with Crippen LogP contribution in [-0.2, 0) is 23.6 Å². The molecule has 1 aromatic heterocycles. The van der Waals surface area contributed by atoms with Crippen LogP contribution in [0.3, 0.4) is 0 Å². The Balaban J connectivity index is 2.27. The fourth-order valence-corrected chi connectivity index (χ4v) is 3.01. The summed E-state index contributed by atoms with van der Waals surface area (Å²) in [7, 11) is -1.88. The summed E-state index contributed by atoms with van der Waals surface area (Å²) in [4.78, 5) is 4.17. The molecule has 1 N–H and O–H groups in total. The maximum absolute atomic E-state index is 12.3. The summed E-state index contributed by atoms with van der Waals surface area (Å²) in [5.41, 5.74) is 0.907. The average molecular weight is 290 g/mol. The van der Waals surface area contributed by atoms with Crippen molar-refractivity contribution in [3.8, 4) is 6.07 Å². The number of rotatable bonds is 4. The highest BCUT2D eigenvalue weighted by molar-refractivity contribution is 7.89. The molecule has 1 heterocycles. The summed E-state index contributed by atoms with van der Waals surface area (Å²) in [6.45, 7) is 1.79. The summed E-state index contributed by atoms with van der Waals surface area (Å²) in [5.74, 6) is 0.614. The first-order valence-corrected chi connectivity index (χ1v) is 7.39. The Morgan fingerprint density at radius 2 is 2.20 bits per heavy atom. The minimum absolute atomic E-state index is 0.0993. The number of imidazole rings is 1. The molecule has 0 aliphatic rings. The van der Waals surface area contributed by atoms with E-state index in [9.17, 15) is 8.42 Å². The lowest BCUT2D eigenvalue weighted by molar-refractivity contribution is 0.577. The van der Waals surface area contributed by atoms with Gasteiger partial charge in [0, 0.05) is 19.4 Å². The number of sulfonamides is 1. The van der Waals surface area contributed by atoms with Gasteiger partial charge < -0.3 is 4.57 Å². The number of benzene rings is 1. The van der Waals surface area contributed by atoms with E-state index in [1.54, 1.807) is 43.1 Å². The molecule has 0 amide bonds. The highest BCUT2D eigenvalue weighted by Crippen LogP contribution is 2.16. The highest BCUT2D eigenvalue weighted by Gasteiger charge is 2.17. The molecule has 0 aliphatic heterocycles. The van der Waals surface area contributed by atoms with Crippen LogP contribution in [-0.4, -0.2) is 18.0 Å². The first kappa shape index (κ1) is 14.2. The van der Waals surface area contributed by atoms with Crippen LogP contribution in [0, 0.1) is 18.3 Å². The Kier molecular flexibility index (Phi) is 3.88. The third kappa shape index (κ3) is 2.87. The number of hydrogen-bond donors (Lipinski definition) is 1. The molecule has 0 aliphatic carbocycles. The van der Waals surface area contributed by atoms with Gasteiger partial charge >= 0.3 is 0 Å². The van der Waals surface area contributed by atoms with E-state index in [1.807, 2.05) is 6.07 Å². The van der Waals surface area contributed by atoms with E-state index in [0.717, 1.165) is 0 Å². The molecule has 2 aromatic rings. The van der Waals surface area contributed by atoms with Gasteiger partial charge in [-0.2, -0.15) is 5.26 Å². The van der Waals surface area contributed by atoms with E-state index >= 15 is 0 Å². The highest BCUT2D eigenvalue weighted by atomic mass is 32.2. The van der Waals surface area contributed by atoms with Gasteiger partial charge in [0.15, 0.2) is 0 Å². The molecule has 6 nitrogen and oxygen atoms in total. The van der Waals surface area contributed by atoms with E-state index in [4.69, 9.17) is 5.26 Å². The normalized spacial score (nSPS) is 11.2. The van der Waals surface area contributed by atoms with Crippen molar-refractivity contribution >= 4 is 10.0 Å². The number of hydrogen-bond acceptors (Lipinski definition) is 4. The van der Waals surface area contributed by atoms with Crippen LogP contribution in [0.15, 0.2) is 35.5 Å². The summed E-state index contributed by atoms with van der Waals surface area (Å²) in [6.07, 6.45) is 3.34. The smallest absolute Gasteiger partial charge is 0.241 e. The monoisotopic (exact) mass is 290 g/mol. The Labute approximate surface area is 117 Å². The number of aromatic nitrogens is 2. The van der Waals surface area contributed by atoms with Crippen LogP contribution in [0.4, 0.5) is 0 Å². The van der Waals surface area contributed by atoms with E-state index in [-0.39, 0.29) is 11.4 Å². The molecule has 0 fully saturated rings. The Hall–Kier alpha value is -2.17. The lowest BCUT2D eigenvalue weighted by Crippen LogP contribution is -2.25. The molecule has 0 saturated carbocycles. The second kappa shape index (κ2) is 5.45. The molecule has 20 heavy (non-hydrogen) atoms. The van der Waals surface area contributed by atoms with E-state index in [0.29, 0.717) is 17.0 Å². The van der Waals surface area contributed by atoms with Gasteiger partial charge in [0.25, 0.3) is 0 Å². The average Bonchev–Trinajstić information content (AvgIpc) is 2.82. The molecule has 0 bridgehead atoms. The van der Waals surface area contributed by atoms with Crippen molar-refractivity contribution in [2.45, 2.75) is 18.4 Å². The van der Waals surface area contributed by atoms with Crippen molar-refractivity contribution in [1.29, 1.82) is 5.26 Å². The van der Waals surface area contributed by atoms with E-state index < -0.39 is 10.0 Å². The fraction of sp³-hybridized carbons (Fsp3) is 0.231. The van der Waals surface area contributed by atoms with Gasteiger partial charge in [-0.15, -0.1) is 0 Å². The summed E-state index contributed by atoms with van der Waals surface area (Å²) < 4.78 is 28.8. The summed E-state index contributed by atoms with van der Waals surface area (Å²) >= 11 is 0. The fourth-order valence-electron chi connectivity index (χ4n) is 1.76. The van der Waals surface area contributed by atoms with Crippen molar-refractivity contribution in [2.75, 3.05) is 0 Å². The Morgan fingerprint density at radius 1 is 1.45 bits per heavy atom. The predicted octanol–water partition coefficient (Wildman–Crippen LogP) is 1.08. The van der Waals surface area contributed by atoms with Crippen LogP contribution >= 0.6 is 0 Å². The summed E-state index contributed by atoms with van der Waals surface area (Å²) in [6, 6.07) is 6.52. The SMILES string of the molecule is Cc1ccc(C#N)cc1S(=O)(=O)NCc1nccn1C. The van der Waals surface area contributed by atoms with Gasteiger partial charge in [-0.3, -0.25) is 0 Å². The predicted molar refractivity (Wildman–Crippen MR) is 73.1 cm³/mol. The number of nitrogens with one attached hydrogen (secondary N) is 1. The zero-order valence-electron chi connectivity index (χ0n) is 11.2. The van der Waals surface area contributed by atoms with Crippen LogP contribution in [0.25, 0.3) is 0 Å². The minimum Gasteiger partial charge on any atom is -0.337 e. The quantitative estimate of drug-likeness (QED) is 0.912. The van der Waals surface area contributed by atoms with Crippen LogP contribution in [0.5, 0.6) is 0 Å². The van der Waals surface area contributed by atoms with Crippen molar-refractivity contribution < 1.29 is 8.42 Å². The largest absolute Gasteiger partial charge is 0.337 e. The first-order valence-electron chi connectivity index (χ1n) is 5.90. The third-order valence-corrected chi connectivity index (χ3v) is 4.49. The molecule has 0 saturated heterocycles. The molecule has 0 spiro atoms. The van der Waals surface area contributed by atoms with Gasteiger partial charge in [-0.25, -0.2) is 18.1 Å². The Bertz CT molecular complexity index is 772. The third-order valence-electron chi connectivity index (χ3n) is 2.95. The molecule has 0 atom stereocenters. The number of nitrogens with zero attached hydrogens (tertiary/aromatic N) is 3. The number of nitriles is 1. The zero-order valence-corrected chi connectivity index (χ0v) is 12.0. The lowest BCUT2D eigenvalue weighted by atomic mass is 10.2. The molecule has 104 valence electrons. The maximum Gasteiger partial charge on any atom is 0.241 e. The van der Waals surface area contributed by atoms with Crippen molar-refractivity contribution in [3.63, 3.8) is 0 Å². The molecule has 2 rings (SSSR count). The standard InChI is InChI=1S/C13H14N4O2S/c1-10-3-4-11(8-14)7-12(10)20(18,19)16-9-13-15-5-6-17(13)2/h3-7,16H,9H2,1-2H3. The van der Waals surface area contributed by atoms with E-state index in [2.05, 4.69) is 9.71 Å². The minimum atomic E-state index is -3.67. The molecule has 7 heteroatoms. The first-order chi connectivity index (χ1) is 9.44. The van der Waals surface area contributed by atoms with E-state index in [1.165, 1.54) is 6.07 Å². The van der Waals surface area contributed by atoms with Gasteiger partial charge in [-0.05, 0) is 24.6 Å². The molecule has 0 unspecified atom stereocenters. The molecule has 1 aromatic carbocycles. The number of aryl methyl sites for hydroxylation is 2. The zero-order chi connectivity index (χ0) is 14.8. The van der Waals surface area contributed by atoms with Crippen molar-refractivity contribution in [3.05, 3.63) is 47.5 Å². The second-order valence-corrected chi connectivity index (χ2v) is 6.11. The van der Waals surface area contributed by atoms with Gasteiger partial charge in [0.2, 0.25) is 10.0 Å². The van der Waals surface area contributed by atoms with Gasteiger partial charge in [0.05, 0.1) is 23.1 Å². The van der Waals surface area contributed by atoms with Crippen LogP contribution in [0.1, 0.15) is 17.0 Å². The Morgan fingerprint density at radius 3 is 2.80 bits per heavy atom. The van der Waals surface area contributed by atoms with Crippen LogP contribution < -0.4 is 4.72 Å². The van der Waals surface area contributed by atoms with Crippen LogP contribution in [0.2, 0.25) is 0 Å². The topological polar surface area (TPSA) is 87.8 Å².